The fourth-order valence-electron chi connectivity index (χ4n) is 9.31. The van der Waals surface area contributed by atoms with Crippen LogP contribution in [0.2, 0.25) is 0 Å². The molecule has 0 spiro atoms. The number of anilines is 8. The van der Waals surface area contributed by atoms with E-state index in [1.165, 1.54) is 22.4 Å². The van der Waals surface area contributed by atoms with Crippen LogP contribution in [-0.4, -0.2) is 0 Å². The van der Waals surface area contributed by atoms with Crippen molar-refractivity contribution in [2.75, 3.05) is 14.7 Å². The number of allylic oxidation sites excluding steroid dienone is 7. The first-order valence-corrected chi connectivity index (χ1v) is 22.4. The van der Waals surface area contributed by atoms with Crippen molar-refractivity contribution in [3.63, 3.8) is 0 Å². The van der Waals surface area contributed by atoms with E-state index in [0.717, 1.165) is 58.3 Å². The molecule has 64 heavy (non-hydrogen) atoms. The Kier molecular flexibility index (Phi) is 12.0. The summed E-state index contributed by atoms with van der Waals surface area (Å²) in [7, 11) is 0. The molecule has 0 radical (unpaired) electrons. The number of benzene rings is 8. The molecule has 310 valence electrons. The average Bonchev–Trinajstić information content (AvgIpc) is 3.38. The molecular formula is C61H51N3. The number of rotatable bonds is 13. The van der Waals surface area contributed by atoms with Crippen LogP contribution in [0.4, 0.5) is 45.5 Å². The Morgan fingerprint density at radius 2 is 0.609 bits per heavy atom. The van der Waals surface area contributed by atoms with Crippen molar-refractivity contribution in [1.82, 2.24) is 0 Å². The third kappa shape index (κ3) is 8.75. The highest BCUT2D eigenvalue weighted by Gasteiger charge is 2.26. The Morgan fingerprint density at radius 1 is 0.297 bits per heavy atom. The van der Waals surface area contributed by atoms with Crippen molar-refractivity contribution in [3.8, 4) is 0 Å². The van der Waals surface area contributed by atoms with Crippen molar-refractivity contribution in [3.05, 3.63) is 289 Å². The second-order valence-corrected chi connectivity index (χ2v) is 16.5. The van der Waals surface area contributed by atoms with E-state index in [0.29, 0.717) is 11.8 Å². The maximum Gasteiger partial charge on any atom is 0.0463 e. The van der Waals surface area contributed by atoms with Gasteiger partial charge in [0.1, 0.15) is 0 Å². The van der Waals surface area contributed by atoms with Crippen LogP contribution in [0.5, 0.6) is 0 Å². The quantitative estimate of drug-likeness (QED) is 0.115. The molecule has 0 fully saturated rings. The van der Waals surface area contributed by atoms with Crippen molar-refractivity contribution in [2.24, 2.45) is 11.8 Å². The maximum atomic E-state index is 2.50. The van der Waals surface area contributed by atoms with E-state index in [9.17, 15) is 0 Å². The first-order chi connectivity index (χ1) is 31.8. The highest BCUT2D eigenvalue weighted by Crippen LogP contribution is 2.42. The first kappa shape index (κ1) is 40.2. The minimum atomic E-state index is 0.140. The van der Waals surface area contributed by atoms with Gasteiger partial charge >= 0.3 is 0 Å². The summed E-state index contributed by atoms with van der Waals surface area (Å²) >= 11 is 0. The summed E-state index contributed by atoms with van der Waals surface area (Å²) in [6.07, 6.45) is 16.6. The Bertz CT molecular complexity index is 2570. The van der Waals surface area contributed by atoms with Crippen molar-refractivity contribution in [2.45, 2.75) is 18.8 Å². The Hall–Kier alpha value is -7.88. The SMILES string of the molecule is C1=CC(C2C=CC(N(c3ccccc3)c3ccc(N(c4ccccc4)c4ccccc4)cc3)=CC2)CC=C1C(c1ccccc1)c1ccc(N(c2ccccc2)c2ccccc2)cc1. The lowest BCUT2D eigenvalue weighted by Gasteiger charge is -2.32. The molecule has 8 aromatic carbocycles. The van der Waals surface area contributed by atoms with E-state index in [1.54, 1.807) is 0 Å². The third-order valence-corrected chi connectivity index (χ3v) is 12.5. The van der Waals surface area contributed by atoms with Gasteiger partial charge in [0.05, 0.1) is 0 Å². The van der Waals surface area contributed by atoms with Gasteiger partial charge in [-0.15, -0.1) is 0 Å². The molecule has 0 heterocycles. The smallest absolute Gasteiger partial charge is 0.0463 e. The van der Waals surface area contributed by atoms with Crippen LogP contribution in [0.25, 0.3) is 0 Å². The van der Waals surface area contributed by atoms with Crippen LogP contribution in [0.15, 0.2) is 278 Å². The lowest BCUT2D eigenvalue weighted by atomic mass is 9.77. The van der Waals surface area contributed by atoms with Crippen LogP contribution < -0.4 is 14.7 Å². The lowest BCUT2D eigenvalue weighted by Crippen LogP contribution is -2.20. The third-order valence-electron chi connectivity index (χ3n) is 12.5. The van der Waals surface area contributed by atoms with Gasteiger partial charge in [-0.25, -0.2) is 0 Å². The van der Waals surface area contributed by atoms with Crippen LogP contribution in [0, 0.1) is 11.8 Å². The monoisotopic (exact) mass is 825 g/mol. The summed E-state index contributed by atoms with van der Waals surface area (Å²) in [6, 6.07) is 82.2. The molecule has 8 aromatic rings. The topological polar surface area (TPSA) is 9.72 Å². The molecule has 0 aromatic heterocycles. The zero-order valence-corrected chi connectivity index (χ0v) is 35.9. The highest BCUT2D eigenvalue weighted by atomic mass is 15.2. The van der Waals surface area contributed by atoms with Gasteiger partial charge in [0.2, 0.25) is 0 Å². The predicted molar refractivity (Wildman–Crippen MR) is 270 cm³/mol. The minimum absolute atomic E-state index is 0.140. The summed E-state index contributed by atoms with van der Waals surface area (Å²) in [5, 5.41) is 0. The van der Waals surface area contributed by atoms with Crippen LogP contribution in [-0.2, 0) is 0 Å². The van der Waals surface area contributed by atoms with E-state index >= 15 is 0 Å². The summed E-state index contributed by atoms with van der Waals surface area (Å²) in [5.74, 6) is 0.980. The standard InChI is InChI=1S/C61H51N3/c1-7-19-49(20-8-1)61(51-37-41-58(42-38-51)62(52-21-9-2-10-22-52)53-23-11-3-12-24-53)50-33-31-47(32-34-50)48-35-39-57(40-36-48)64(56-29-17-6-18-30-56)60-45-43-59(44-46-60)63(54-25-13-4-14-26-54)55-27-15-5-16-28-55/h1-31,33-35,37-48,61H,32,36H2. The predicted octanol–water partition coefficient (Wildman–Crippen LogP) is 16.6. The highest BCUT2D eigenvalue weighted by molar-refractivity contribution is 5.80. The van der Waals surface area contributed by atoms with Gasteiger partial charge in [-0.05, 0) is 145 Å². The number of nitrogens with zero attached hydrogens (tertiary/aromatic N) is 3. The van der Waals surface area contributed by atoms with Crippen molar-refractivity contribution < 1.29 is 0 Å². The molecule has 3 nitrogen and oxygen atoms in total. The molecule has 3 atom stereocenters. The summed E-state index contributed by atoms with van der Waals surface area (Å²) < 4.78 is 0. The fraction of sp³-hybridized carbons (Fsp3) is 0.0820. The minimum Gasteiger partial charge on any atom is -0.311 e. The Balaban J connectivity index is 0.876. The molecule has 2 aliphatic carbocycles. The molecule has 10 rings (SSSR count). The molecule has 0 amide bonds. The largest absolute Gasteiger partial charge is 0.311 e. The van der Waals surface area contributed by atoms with Crippen molar-refractivity contribution in [1.29, 1.82) is 0 Å². The Labute approximate surface area is 378 Å². The fourth-order valence-corrected chi connectivity index (χ4v) is 9.31. The number of hydrogen-bond acceptors (Lipinski definition) is 3. The second kappa shape index (κ2) is 19.0. The molecule has 0 bridgehead atoms. The molecule has 0 N–H and O–H groups in total. The van der Waals surface area contributed by atoms with E-state index < -0.39 is 0 Å². The van der Waals surface area contributed by atoms with E-state index in [4.69, 9.17) is 0 Å². The molecule has 0 saturated carbocycles. The molecule has 0 saturated heterocycles. The summed E-state index contributed by atoms with van der Waals surface area (Å²) in [5.41, 5.74) is 14.2. The zero-order chi connectivity index (χ0) is 42.9. The molecular weight excluding hydrogens is 775 g/mol. The zero-order valence-electron chi connectivity index (χ0n) is 35.9. The van der Waals surface area contributed by atoms with Gasteiger partial charge in [-0.2, -0.15) is 0 Å². The van der Waals surface area contributed by atoms with Crippen LogP contribution in [0.1, 0.15) is 29.9 Å². The van der Waals surface area contributed by atoms with Crippen LogP contribution >= 0.6 is 0 Å². The maximum absolute atomic E-state index is 2.50. The van der Waals surface area contributed by atoms with Gasteiger partial charge in [-0.3, -0.25) is 0 Å². The first-order valence-electron chi connectivity index (χ1n) is 22.4. The normalized spacial score (nSPS) is 16.0. The number of para-hydroxylation sites is 5. The van der Waals surface area contributed by atoms with Gasteiger partial charge in [0.15, 0.2) is 0 Å². The molecule has 3 unspecified atom stereocenters. The van der Waals surface area contributed by atoms with E-state index in [2.05, 4.69) is 282 Å². The van der Waals surface area contributed by atoms with E-state index in [1.807, 2.05) is 0 Å². The van der Waals surface area contributed by atoms with Gasteiger partial charge < -0.3 is 14.7 Å². The lowest BCUT2D eigenvalue weighted by molar-refractivity contribution is 0.473. The molecule has 3 heteroatoms. The number of hydrogen-bond donors (Lipinski definition) is 0. The van der Waals surface area contributed by atoms with Gasteiger partial charge in [0, 0.05) is 57.1 Å². The molecule has 2 aliphatic rings. The van der Waals surface area contributed by atoms with Crippen molar-refractivity contribution >= 4 is 45.5 Å². The second-order valence-electron chi connectivity index (χ2n) is 16.5. The molecule has 0 aliphatic heterocycles. The van der Waals surface area contributed by atoms with E-state index in [-0.39, 0.29) is 5.92 Å². The van der Waals surface area contributed by atoms with Gasteiger partial charge in [-0.1, -0.05) is 164 Å². The summed E-state index contributed by atoms with van der Waals surface area (Å²) in [4.78, 5) is 7.02. The summed E-state index contributed by atoms with van der Waals surface area (Å²) in [6.45, 7) is 0. The van der Waals surface area contributed by atoms with Gasteiger partial charge in [0.25, 0.3) is 0 Å². The van der Waals surface area contributed by atoms with Crippen LogP contribution in [0.3, 0.4) is 0 Å². The Morgan fingerprint density at radius 3 is 0.984 bits per heavy atom. The average molecular weight is 826 g/mol.